The Kier molecular flexibility index (Phi) is 2.56. The lowest BCUT2D eigenvalue weighted by Crippen LogP contribution is -2.12. The molecule has 0 amide bonds. The van der Waals surface area contributed by atoms with Crippen molar-refractivity contribution in [3.63, 3.8) is 0 Å². The van der Waals surface area contributed by atoms with E-state index in [2.05, 4.69) is 4.98 Å². The minimum absolute atomic E-state index is 0.672. The minimum Gasteiger partial charge on any atom is -0.445 e. The summed E-state index contributed by atoms with van der Waals surface area (Å²) in [4.78, 5) is 6.21. The molecule has 0 spiro atoms. The van der Waals surface area contributed by atoms with Crippen LogP contribution in [0.1, 0.15) is 11.3 Å². The van der Waals surface area contributed by atoms with E-state index < -0.39 is 0 Å². The summed E-state index contributed by atoms with van der Waals surface area (Å²) in [5.74, 6) is 2.51. The highest BCUT2D eigenvalue weighted by molar-refractivity contribution is 5.60. The molecule has 0 fully saturated rings. The smallest absolute Gasteiger partial charge is 0.200 e. The van der Waals surface area contributed by atoms with Crippen molar-refractivity contribution >= 4 is 17.4 Å². The van der Waals surface area contributed by atoms with Crippen LogP contribution in [0.3, 0.4) is 0 Å². The van der Waals surface area contributed by atoms with E-state index in [4.69, 9.17) is 10.2 Å². The zero-order valence-corrected chi connectivity index (χ0v) is 9.69. The lowest BCUT2D eigenvalue weighted by Gasteiger charge is -2.17. The van der Waals surface area contributed by atoms with Gasteiger partial charge in [-0.05, 0) is 31.5 Å². The second-order valence-electron chi connectivity index (χ2n) is 3.85. The van der Waals surface area contributed by atoms with Crippen LogP contribution in [0.15, 0.2) is 28.8 Å². The Morgan fingerprint density at radius 1 is 1.31 bits per heavy atom. The Hall–Kier alpha value is -1.97. The fourth-order valence-corrected chi connectivity index (χ4v) is 1.65. The molecule has 0 bridgehead atoms. The summed E-state index contributed by atoms with van der Waals surface area (Å²) in [6.07, 6.45) is 1.65. The molecular weight excluding hydrogens is 202 g/mol. The number of aromatic nitrogens is 1. The van der Waals surface area contributed by atoms with Gasteiger partial charge in [0.05, 0.1) is 11.9 Å². The summed E-state index contributed by atoms with van der Waals surface area (Å²) in [5.41, 5.74) is 7.36. The number of aryl methyl sites for hydroxylation is 2. The second kappa shape index (κ2) is 3.89. The van der Waals surface area contributed by atoms with Gasteiger partial charge in [-0.15, -0.1) is 0 Å². The predicted molar refractivity (Wildman–Crippen MR) is 64.9 cm³/mol. The van der Waals surface area contributed by atoms with Crippen LogP contribution < -0.4 is 10.6 Å². The average Bonchev–Trinajstić information content (AvgIpc) is 2.64. The lowest BCUT2D eigenvalue weighted by molar-refractivity contribution is 0.537. The molecule has 0 aliphatic carbocycles. The van der Waals surface area contributed by atoms with Crippen LogP contribution in [0, 0.1) is 13.8 Å². The summed E-state index contributed by atoms with van der Waals surface area (Å²) in [6, 6.07) is 5.75. The number of nitrogens with zero attached hydrogens (tertiary/aromatic N) is 2. The van der Waals surface area contributed by atoms with Crippen molar-refractivity contribution < 1.29 is 4.42 Å². The third kappa shape index (κ3) is 1.86. The van der Waals surface area contributed by atoms with E-state index in [9.17, 15) is 0 Å². The SMILES string of the molecule is Cc1ccc(N(C)c2ncc(N)cc2C)o1. The Balaban J connectivity index is 2.37. The van der Waals surface area contributed by atoms with Crippen LogP contribution in [0.4, 0.5) is 17.4 Å². The van der Waals surface area contributed by atoms with Gasteiger partial charge in [0.1, 0.15) is 11.6 Å². The van der Waals surface area contributed by atoms with Crippen molar-refractivity contribution in [2.24, 2.45) is 0 Å². The first-order valence-electron chi connectivity index (χ1n) is 5.10. The molecule has 4 heteroatoms. The Morgan fingerprint density at radius 2 is 2.06 bits per heavy atom. The molecule has 2 N–H and O–H groups in total. The van der Waals surface area contributed by atoms with Gasteiger partial charge < -0.3 is 10.2 Å². The molecule has 2 rings (SSSR count). The number of pyridine rings is 1. The Morgan fingerprint density at radius 3 is 2.62 bits per heavy atom. The van der Waals surface area contributed by atoms with E-state index in [1.54, 1.807) is 6.20 Å². The van der Waals surface area contributed by atoms with Gasteiger partial charge in [0.15, 0.2) is 0 Å². The maximum Gasteiger partial charge on any atom is 0.200 e. The molecule has 84 valence electrons. The van der Waals surface area contributed by atoms with Crippen molar-refractivity contribution in [3.05, 3.63) is 35.7 Å². The second-order valence-corrected chi connectivity index (χ2v) is 3.85. The first-order valence-corrected chi connectivity index (χ1v) is 5.10. The number of furan rings is 1. The summed E-state index contributed by atoms with van der Waals surface area (Å²) in [7, 11) is 1.92. The van der Waals surface area contributed by atoms with Crippen LogP contribution in [0.25, 0.3) is 0 Å². The zero-order chi connectivity index (χ0) is 11.7. The summed E-state index contributed by atoms with van der Waals surface area (Å²) >= 11 is 0. The minimum atomic E-state index is 0.672. The van der Waals surface area contributed by atoms with Gasteiger partial charge >= 0.3 is 0 Å². The number of anilines is 3. The third-order valence-corrected chi connectivity index (χ3v) is 2.45. The first kappa shape index (κ1) is 10.5. The largest absolute Gasteiger partial charge is 0.445 e. The molecule has 16 heavy (non-hydrogen) atoms. The summed E-state index contributed by atoms with van der Waals surface area (Å²) in [5, 5.41) is 0. The molecule has 2 aromatic rings. The molecule has 0 radical (unpaired) electrons. The normalized spacial score (nSPS) is 10.4. The number of rotatable bonds is 2. The number of nitrogen functional groups attached to an aromatic ring is 1. The highest BCUT2D eigenvalue weighted by Gasteiger charge is 2.11. The third-order valence-electron chi connectivity index (χ3n) is 2.45. The molecule has 0 aromatic carbocycles. The molecular formula is C12H15N3O. The molecule has 0 saturated heterocycles. The van der Waals surface area contributed by atoms with E-state index in [0.29, 0.717) is 5.69 Å². The van der Waals surface area contributed by atoms with Crippen molar-refractivity contribution in [2.45, 2.75) is 13.8 Å². The molecule has 0 atom stereocenters. The zero-order valence-electron chi connectivity index (χ0n) is 9.69. The maximum absolute atomic E-state index is 5.67. The standard InChI is InChI=1S/C12H15N3O/c1-8-6-10(13)7-14-12(8)15(3)11-5-4-9(2)16-11/h4-7H,13H2,1-3H3. The molecule has 0 aliphatic rings. The predicted octanol–water partition coefficient (Wildman–Crippen LogP) is 2.64. The fourth-order valence-electron chi connectivity index (χ4n) is 1.65. The van der Waals surface area contributed by atoms with Crippen LogP contribution in [-0.2, 0) is 0 Å². The quantitative estimate of drug-likeness (QED) is 0.840. The molecule has 0 aliphatic heterocycles. The van der Waals surface area contributed by atoms with E-state index in [-0.39, 0.29) is 0 Å². The molecule has 4 nitrogen and oxygen atoms in total. The van der Waals surface area contributed by atoms with E-state index in [0.717, 1.165) is 23.0 Å². The average molecular weight is 217 g/mol. The number of hydrogen-bond acceptors (Lipinski definition) is 4. The van der Waals surface area contributed by atoms with Crippen LogP contribution in [0.2, 0.25) is 0 Å². The molecule has 2 heterocycles. The van der Waals surface area contributed by atoms with Gasteiger partial charge in [-0.3, -0.25) is 4.90 Å². The highest BCUT2D eigenvalue weighted by atomic mass is 16.4. The Bertz CT molecular complexity index is 505. The van der Waals surface area contributed by atoms with Crippen molar-refractivity contribution in [1.82, 2.24) is 4.98 Å². The van der Waals surface area contributed by atoms with Gasteiger partial charge in [0.2, 0.25) is 5.88 Å². The molecule has 0 saturated carbocycles. The van der Waals surface area contributed by atoms with E-state index in [1.807, 2.05) is 44.0 Å². The van der Waals surface area contributed by atoms with Crippen LogP contribution in [-0.4, -0.2) is 12.0 Å². The van der Waals surface area contributed by atoms with Gasteiger partial charge in [-0.2, -0.15) is 0 Å². The fraction of sp³-hybridized carbons (Fsp3) is 0.250. The van der Waals surface area contributed by atoms with Gasteiger partial charge in [0, 0.05) is 13.1 Å². The summed E-state index contributed by atoms with van der Waals surface area (Å²) in [6.45, 7) is 3.89. The van der Waals surface area contributed by atoms with E-state index in [1.165, 1.54) is 0 Å². The monoisotopic (exact) mass is 217 g/mol. The van der Waals surface area contributed by atoms with Gasteiger partial charge in [-0.25, -0.2) is 4.98 Å². The Labute approximate surface area is 94.7 Å². The first-order chi connectivity index (χ1) is 7.58. The molecule has 2 aromatic heterocycles. The van der Waals surface area contributed by atoms with Gasteiger partial charge in [-0.1, -0.05) is 0 Å². The highest BCUT2D eigenvalue weighted by Crippen LogP contribution is 2.26. The van der Waals surface area contributed by atoms with Crippen LogP contribution in [0.5, 0.6) is 0 Å². The van der Waals surface area contributed by atoms with Crippen molar-refractivity contribution in [2.75, 3.05) is 17.7 Å². The lowest BCUT2D eigenvalue weighted by atomic mass is 10.2. The summed E-state index contributed by atoms with van der Waals surface area (Å²) < 4.78 is 5.54. The maximum atomic E-state index is 5.67. The van der Waals surface area contributed by atoms with Crippen LogP contribution >= 0.6 is 0 Å². The van der Waals surface area contributed by atoms with Crippen molar-refractivity contribution in [3.8, 4) is 0 Å². The number of nitrogens with two attached hydrogens (primary N) is 1. The number of hydrogen-bond donors (Lipinski definition) is 1. The topological polar surface area (TPSA) is 55.3 Å². The van der Waals surface area contributed by atoms with Crippen molar-refractivity contribution in [1.29, 1.82) is 0 Å². The van der Waals surface area contributed by atoms with Gasteiger partial charge in [0.25, 0.3) is 0 Å². The van der Waals surface area contributed by atoms with E-state index >= 15 is 0 Å². The molecule has 0 unspecified atom stereocenters.